The van der Waals surface area contributed by atoms with Crippen LogP contribution in [-0.2, 0) is 10.0 Å². The predicted molar refractivity (Wildman–Crippen MR) is 68.8 cm³/mol. The van der Waals surface area contributed by atoms with Crippen LogP contribution in [0, 0.1) is 0 Å². The third-order valence-electron chi connectivity index (χ3n) is 2.65. The first-order valence-corrected chi connectivity index (χ1v) is 8.01. The van der Waals surface area contributed by atoms with Crippen LogP contribution in [0.25, 0.3) is 0 Å². The second kappa shape index (κ2) is 5.29. The molecule has 1 aromatic rings. The van der Waals surface area contributed by atoms with Gasteiger partial charge in [-0.3, -0.25) is 0 Å². The van der Waals surface area contributed by atoms with Crippen molar-refractivity contribution in [2.75, 3.05) is 12.3 Å². The summed E-state index contributed by atoms with van der Waals surface area (Å²) >= 11 is 1.81. The average Bonchev–Trinajstić information content (AvgIpc) is 2.79. The van der Waals surface area contributed by atoms with Crippen molar-refractivity contribution >= 4 is 21.8 Å². The van der Waals surface area contributed by atoms with Crippen LogP contribution in [0.1, 0.15) is 12.8 Å². The minimum absolute atomic E-state index is 0.0388. The number of hydrogen-bond donors (Lipinski definition) is 2. The zero-order valence-corrected chi connectivity index (χ0v) is 10.9. The van der Waals surface area contributed by atoms with Gasteiger partial charge in [0.05, 0.1) is 4.90 Å². The number of thioether (sulfide) groups is 1. The van der Waals surface area contributed by atoms with Crippen molar-refractivity contribution in [1.82, 2.24) is 4.72 Å². The fourth-order valence-electron chi connectivity index (χ4n) is 1.74. The minimum atomic E-state index is -3.49. The van der Waals surface area contributed by atoms with Gasteiger partial charge in [-0.2, -0.15) is 11.8 Å². The van der Waals surface area contributed by atoms with Crippen molar-refractivity contribution in [3.05, 3.63) is 24.3 Å². The first-order chi connectivity index (χ1) is 8.08. The highest BCUT2D eigenvalue weighted by molar-refractivity contribution is 8.00. The second-order valence-corrected chi connectivity index (χ2v) is 7.16. The third-order valence-corrected chi connectivity index (χ3v) is 5.47. The number of rotatable bonds is 4. The van der Waals surface area contributed by atoms with Crippen LogP contribution < -0.4 is 4.72 Å². The molecule has 1 atom stereocenters. The maximum atomic E-state index is 11.9. The highest BCUT2D eigenvalue weighted by atomic mass is 32.2. The molecule has 17 heavy (non-hydrogen) atoms. The highest BCUT2D eigenvalue weighted by Crippen LogP contribution is 2.25. The summed E-state index contributed by atoms with van der Waals surface area (Å²) in [4.78, 5) is 0.112. The summed E-state index contributed by atoms with van der Waals surface area (Å²) in [6.45, 7) is 0.461. The van der Waals surface area contributed by atoms with Crippen molar-refractivity contribution in [2.45, 2.75) is 23.0 Å². The molecule has 2 rings (SSSR count). The normalized spacial score (nSPS) is 20.6. The Bertz CT molecular complexity index is 481. The van der Waals surface area contributed by atoms with Crippen LogP contribution >= 0.6 is 11.8 Å². The van der Waals surface area contributed by atoms with Gasteiger partial charge in [-0.05, 0) is 36.8 Å². The Morgan fingerprint density at radius 2 is 2.29 bits per heavy atom. The molecule has 0 amide bonds. The Balaban J connectivity index is 2.03. The fraction of sp³-hybridized carbons (Fsp3) is 0.455. The Morgan fingerprint density at radius 1 is 1.47 bits per heavy atom. The van der Waals surface area contributed by atoms with E-state index in [-0.39, 0.29) is 10.6 Å². The largest absolute Gasteiger partial charge is 0.508 e. The topological polar surface area (TPSA) is 66.4 Å². The van der Waals surface area contributed by atoms with E-state index in [1.807, 2.05) is 0 Å². The number of aromatic hydroxyl groups is 1. The number of sulfonamides is 1. The maximum Gasteiger partial charge on any atom is 0.240 e. The molecular formula is C11H15NO3S2. The quantitative estimate of drug-likeness (QED) is 0.874. The van der Waals surface area contributed by atoms with E-state index in [2.05, 4.69) is 4.72 Å². The van der Waals surface area contributed by atoms with Gasteiger partial charge >= 0.3 is 0 Å². The Morgan fingerprint density at radius 3 is 2.94 bits per heavy atom. The molecule has 0 aliphatic carbocycles. The van der Waals surface area contributed by atoms with Gasteiger partial charge in [0.15, 0.2) is 0 Å². The van der Waals surface area contributed by atoms with Gasteiger partial charge in [-0.25, -0.2) is 13.1 Å². The van der Waals surface area contributed by atoms with E-state index in [1.54, 1.807) is 11.8 Å². The molecule has 0 bridgehead atoms. The Kier molecular flexibility index (Phi) is 3.96. The molecule has 6 heteroatoms. The summed E-state index contributed by atoms with van der Waals surface area (Å²) in [5.74, 6) is 1.07. The fourth-order valence-corrected chi connectivity index (χ4v) is 4.17. The molecular weight excluding hydrogens is 258 g/mol. The first-order valence-electron chi connectivity index (χ1n) is 5.48. The summed E-state index contributed by atoms with van der Waals surface area (Å²) in [7, 11) is -3.49. The van der Waals surface area contributed by atoms with E-state index in [1.165, 1.54) is 24.3 Å². The van der Waals surface area contributed by atoms with Gasteiger partial charge in [0.1, 0.15) is 5.75 Å². The molecule has 94 valence electrons. The molecule has 1 aromatic carbocycles. The lowest BCUT2D eigenvalue weighted by atomic mass is 10.2. The van der Waals surface area contributed by atoms with Crippen LogP contribution in [0.3, 0.4) is 0 Å². The lowest BCUT2D eigenvalue weighted by molar-refractivity contribution is 0.473. The summed E-state index contributed by atoms with van der Waals surface area (Å²) in [6.07, 6.45) is 2.22. The number of benzene rings is 1. The van der Waals surface area contributed by atoms with E-state index in [4.69, 9.17) is 0 Å². The molecule has 1 saturated heterocycles. The molecule has 0 saturated carbocycles. The van der Waals surface area contributed by atoms with Crippen molar-refractivity contribution < 1.29 is 13.5 Å². The standard InChI is InChI=1S/C11H15NO3S2/c13-9-3-1-5-11(7-9)17(14,15)12-8-10-4-2-6-16-10/h1,3,5,7,10,12-13H,2,4,6,8H2. The molecule has 2 N–H and O–H groups in total. The Hall–Kier alpha value is -0.720. The lowest BCUT2D eigenvalue weighted by Gasteiger charge is -2.10. The number of nitrogens with one attached hydrogen (secondary N) is 1. The molecule has 0 spiro atoms. The van der Waals surface area contributed by atoms with Gasteiger partial charge in [0, 0.05) is 11.8 Å². The van der Waals surface area contributed by atoms with E-state index in [9.17, 15) is 13.5 Å². The maximum absolute atomic E-state index is 11.9. The lowest BCUT2D eigenvalue weighted by Crippen LogP contribution is -2.29. The van der Waals surface area contributed by atoms with Gasteiger partial charge in [-0.15, -0.1) is 0 Å². The number of phenolic OH excluding ortho intramolecular Hbond substituents is 1. The summed E-state index contributed by atoms with van der Waals surface area (Å²) in [5, 5.41) is 9.64. The second-order valence-electron chi connectivity index (χ2n) is 3.98. The molecule has 0 aromatic heterocycles. The van der Waals surface area contributed by atoms with E-state index in [0.717, 1.165) is 18.6 Å². The third kappa shape index (κ3) is 3.37. The average molecular weight is 273 g/mol. The summed E-state index contributed by atoms with van der Waals surface area (Å²) < 4.78 is 26.4. The van der Waals surface area contributed by atoms with E-state index >= 15 is 0 Å². The molecule has 1 unspecified atom stereocenters. The zero-order valence-electron chi connectivity index (χ0n) is 9.30. The van der Waals surface area contributed by atoms with Gasteiger partial charge in [0.2, 0.25) is 10.0 Å². The van der Waals surface area contributed by atoms with E-state index in [0.29, 0.717) is 11.8 Å². The number of phenols is 1. The van der Waals surface area contributed by atoms with Crippen molar-refractivity contribution in [2.24, 2.45) is 0 Å². The molecule has 1 fully saturated rings. The minimum Gasteiger partial charge on any atom is -0.508 e. The monoisotopic (exact) mass is 273 g/mol. The molecule has 1 aliphatic rings. The van der Waals surface area contributed by atoms with Crippen LogP contribution in [0.15, 0.2) is 29.2 Å². The summed E-state index contributed by atoms with van der Waals surface area (Å²) in [5.41, 5.74) is 0. The van der Waals surface area contributed by atoms with Gasteiger partial charge < -0.3 is 5.11 Å². The SMILES string of the molecule is O=S(=O)(NCC1CCCS1)c1cccc(O)c1. The smallest absolute Gasteiger partial charge is 0.240 e. The highest BCUT2D eigenvalue weighted by Gasteiger charge is 2.20. The molecule has 4 nitrogen and oxygen atoms in total. The van der Waals surface area contributed by atoms with Crippen LogP contribution in [0.2, 0.25) is 0 Å². The van der Waals surface area contributed by atoms with Crippen LogP contribution in [-0.4, -0.2) is 31.1 Å². The van der Waals surface area contributed by atoms with Crippen molar-refractivity contribution in [3.8, 4) is 5.75 Å². The van der Waals surface area contributed by atoms with Gasteiger partial charge in [-0.1, -0.05) is 6.07 Å². The first kappa shape index (κ1) is 12.7. The molecule has 0 radical (unpaired) electrons. The predicted octanol–water partition coefficient (Wildman–Crippen LogP) is 1.57. The zero-order chi connectivity index (χ0) is 12.3. The Labute approximate surface area is 105 Å². The van der Waals surface area contributed by atoms with Crippen LogP contribution in [0.4, 0.5) is 0 Å². The molecule has 1 aliphatic heterocycles. The van der Waals surface area contributed by atoms with Crippen molar-refractivity contribution in [3.63, 3.8) is 0 Å². The van der Waals surface area contributed by atoms with Crippen LogP contribution in [0.5, 0.6) is 5.75 Å². The molecule has 1 heterocycles. The van der Waals surface area contributed by atoms with Crippen molar-refractivity contribution in [1.29, 1.82) is 0 Å². The number of hydrogen-bond acceptors (Lipinski definition) is 4. The summed E-state index contributed by atoms with van der Waals surface area (Å²) in [6, 6.07) is 5.70. The van der Waals surface area contributed by atoms with Gasteiger partial charge in [0.25, 0.3) is 0 Å². The van der Waals surface area contributed by atoms with E-state index < -0.39 is 10.0 Å².